The number of carbonyl (C=O) groups excluding carboxylic acids is 1. The maximum Gasteiger partial charge on any atom is 0.320 e. The average Bonchev–Trinajstić information content (AvgIpc) is 2.39. The largest absolute Gasteiger partial charge is 0.481 e. The fourth-order valence-corrected chi connectivity index (χ4v) is 2.57. The summed E-state index contributed by atoms with van der Waals surface area (Å²) < 4.78 is 0. The van der Waals surface area contributed by atoms with Crippen LogP contribution in [0.25, 0.3) is 0 Å². The second-order valence-corrected chi connectivity index (χ2v) is 4.99. The molecule has 5 nitrogen and oxygen atoms in total. The van der Waals surface area contributed by atoms with E-state index in [9.17, 15) is 9.59 Å². The molecule has 1 aliphatic heterocycles. The summed E-state index contributed by atoms with van der Waals surface area (Å²) in [6, 6.07) is 0.206. The first-order chi connectivity index (χ1) is 8.51. The highest BCUT2D eigenvalue weighted by atomic mass is 16.4. The average molecular weight is 256 g/mol. The Morgan fingerprint density at radius 1 is 1.39 bits per heavy atom. The lowest BCUT2D eigenvalue weighted by molar-refractivity contribution is -0.143. The van der Waals surface area contributed by atoms with Crippen molar-refractivity contribution < 1.29 is 14.7 Å². The Hall–Kier alpha value is -1.26. The van der Waals surface area contributed by atoms with E-state index >= 15 is 0 Å². The molecule has 0 aromatic carbocycles. The zero-order valence-corrected chi connectivity index (χ0v) is 11.6. The number of rotatable bonds is 4. The molecule has 0 aromatic heterocycles. The predicted octanol–water partition coefficient (Wildman–Crippen LogP) is 2.02. The van der Waals surface area contributed by atoms with Gasteiger partial charge in [0.2, 0.25) is 0 Å². The number of urea groups is 1. The van der Waals surface area contributed by atoms with Crippen LogP contribution in [0.4, 0.5) is 4.79 Å². The van der Waals surface area contributed by atoms with E-state index in [2.05, 4.69) is 13.8 Å². The number of aliphatic carboxylic acids is 1. The summed E-state index contributed by atoms with van der Waals surface area (Å²) >= 11 is 0. The number of piperidine rings is 1. The van der Waals surface area contributed by atoms with Crippen molar-refractivity contribution in [3.8, 4) is 0 Å². The number of likely N-dealkylation sites (tertiary alicyclic amines) is 1. The van der Waals surface area contributed by atoms with Crippen molar-refractivity contribution in [3.05, 3.63) is 0 Å². The van der Waals surface area contributed by atoms with Gasteiger partial charge in [0.25, 0.3) is 0 Å². The number of hydrogen-bond donors (Lipinski definition) is 1. The van der Waals surface area contributed by atoms with Crippen molar-refractivity contribution in [1.82, 2.24) is 9.80 Å². The van der Waals surface area contributed by atoms with E-state index < -0.39 is 11.9 Å². The highest BCUT2D eigenvalue weighted by Crippen LogP contribution is 2.19. The van der Waals surface area contributed by atoms with Gasteiger partial charge in [-0.3, -0.25) is 4.79 Å². The number of carbonyl (C=O) groups is 2. The van der Waals surface area contributed by atoms with Crippen LogP contribution < -0.4 is 0 Å². The molecule has 1 atom stereocenters. The zero-order valence-electron chi connectivity index (χ0n) is 11.6. The highest BCUT2D eigenvalue weighted by molar-refractivity contribution is 5.76. The number of amides is 2. The van der Waals surface area contributed by atoms with Gasteiger partial charge in [-0.15, -0.1) is 0 Å². The Balaban J connectivity index is 2.63. The molecule has 104 valence electrons. The van der Waals surface area contributed by atoms with Crippen LogP contribution in [0, 0.1) is 5.92 Å². The molecule has 18 heavy (non-hydrogen) atoms. The van der Waals surface area contributed by atoms with Crippen molar-refractivity contribution in [1.29, 1.82) is 0 Å². The van der Waals surface area contributed by atoms with Crippen LogP contribution >= 0.6 is 0 Å². The van der Waals surface area contributed by atoms with E-state index in [1.165, 1.54) is 0 Å². The van der Waals surface area contributed by atoms with E-state index in [1.54, 1.807) is 9.80 Å². The van der Waals surface area contributed by atoms with E-state index in [0.29, 0.717) is 19.5 Å². The van der Waals surface area contributed by atoms with E-state index in [1.807, 2.05) is 7.05 Å². The summed E-state index contributed by atoms with van der Waals surface area (Å²) in [4.78, 5) is 26.7. The van der Waals surface area contributed by atoms with Gasteiger partial charge in [0, 0.05) is 26.2 Å². The maximum atomic E-state index is 12.3. The summed E-state index contributed by atoms with van der Waals surface area (Å²) in [7, 11) is 1.81. The number of hydrogen-bond acceptors (Lipinski definition) is 2. The second-order valence-electron chi connectivity index (χ2n) is 4.99. The van der Waals surface area contributed by atoms with E-state index in [4.69, 9.17) is 5.11 Å². The summed E-state index contributed by atoms with van der Waals surface area (Å²) in [6.07, 6.45) is 3.30. The molecule has 0 aliphatic carbocycles. The molecular weight excluding hydrogens is 232 g/mol. The molecule has 1 saturated heterocycles. The molecule has 1 heterocycles. The lowest BCUT2D eigenvalue weighted by Gasteiger charge is -2.36. The molecule has 1 N–H and O–H groups in total. The highest BCUT2D eigenvalue weighted by Gasteiger charge is 2.30. The lowest BCUT2D eigenvalue weighted by atomic mass is 9.98. The van der Waals surface area contributed by atoms with Crippen molar-refractivity contribution in [2.75, 3.05) is 20.1 Å². The summed E-state index contributed by atoms with van der Waals surface area (Å²) in [5, 5.41) is 9.03. The molecule has 0 unspecified atom stereocenters. The SMILES string of the molecule is CCC(CC)N(C)C(=O)N1CCC[C@@H](C(=O)O)C1. The van der Waals surface area contributed by atoms with Crippen molar-refractivity contribution in [3.63, 3.8) is 0 Å². The van der Waals surface area contributed by atoms with Gasteiger partial charge in [0.1, 0.15) is 0 Å². The molecule has 0 aromatic rings. The van der Waals surface area contributed by atoms with Crippen LogP contribution in [0.1, 0.15) is 39.5 Å². The predicted molar refractivity (Wildman–Crippen MR) is 69.5 cm³/mol. The molecule has 0 radical (unpaired) electrons. The van der Waals surface area contributed by atoms with Gasteiger partial charge in [-0.25, -0.2) is 4.79 Å². The molecule has 0 spiro atoms. The number of carboxylic acid groups (broad SMARTS) is 1. The first-order valence-corrected chi connectivity index (χ1v) is 6.75. The molecule has 1 aliphatic rings. The molecule has 0 bridgehead atoms. The molecular formula is C13H24N2O3. The summed E-state index contributed by atoms with van der Waals surface area (Å²) in [5.41, 5.74) is 0. The van der Waals surface area contributed by atoms with Gasteiger partial charge in [0.05, 0.1) is 5.92 Å². The summed E-state index contributed by atoms with van der Waals surface area (Å²) in [5.74, 6) is -1.20. The van der Waals surface area contributed by atoms with Crippen LogP contribution in [-0.2, 0) is 4.79 Å². The molecule has 5 heteroatoms. The molecule has 2 amide bonds. The van der Waals surface area contributed by atoms with Gasteiger partial charge in [-0.05, 0) is 25.7 Å². The van der Waals surface area contributed by atoms with Crippen LogP contribution in [0.3, 0.4) is 0 Å². The fourth-order valence-electron chi connectivity index (χ4n) is 2.57. The Kier molecular flexibility index (Phi) is 5.44. The molecule has 0 saturated carbocycles. The van der Waals surface area contributed by atoms with Crippen molar-refractivity contribution in [2.24, 2.45) is 5.92 Å². The van der Waals surface area contributed by atoms with Gasteiger partial charge in [0.15, 0.2) is 0 Å². The van der Waals surface area contributed by atoms with Crippen LogP contribution in [0.5, 0.6) is 0 Å². The first kappa shape index (κ1) is 14.8. The van der Waals surface area contributed by atoms with Crippen LogP contribution in [0.15, 0.2) is 0 Å². The molecule has 1 rings (SSSR count). The Labute approximate surface area is 109 Å². The minimum Gasteiger partial charge on any atom is -0.481 e. The Morgan fingerprint density at radius 2 is 2.00 bits per heavy atom. The fraction of sp³-hybridized carbons (Fsp3) is 0.846. The monoisotopic (exact) mass is 256 g/mol. The van der Waals surface area contributed by atoms with E-state index in [-0.39, 0.29) is 12.1 Å². The van der Waals surface area contributed by atoms with Crippen molar-refractivity contribution in [2.45, 2.75) is 45.6 Å². The number of nitrogens with zero attached hydrogens (tertiary/aromatic N) is 2. The quantitative estimate of drug-likeness (QED) is 0.837. The smallest absolute Gasteiger partial charge is 0.320 e. The Bertz CT molecular complexity index is 303. The third-order valence-electron chi connectivity index (χ3n) is 3.83. The summed E-state index contributed by atoms with van der Waals surface area (Å²) in [6.45, 7) is 5.15. The molecule has 1 fully saturated rings. The normalized spacial score (nSPS) is 20.0. The third-order valence-corrected chi connectivity index (χ3v) is 3.83. The van der Waals surface area contributed by atoms with Gasteiger partial charge in [-0.2, -0.15) is 0 Å². The maximum absolute atomic E-state index is 12.3. The first-order valence-electron chi connectivity index (χ1n) is 6.75. The lowest BCUT2D eigenvalue weighted by Crippen LogP contribution is -2.50. The number of carboxylic acids is 1. The van der Waals surface area contributed by atoms with Gasteiger partial charge in [-0.1, -0.05) is 13.8 Å². The Morgan fingerprint density at radius 3 is 2.50 bits per heavy atom. The standard InChI is InChI=1S/C13H24N2O3/c1-4-11(5-2)14(3)13(18)15-8-6-7-10(9-15)12(16)17/h10-11H,4-9H2,1-3H3,(H,16,17)/t10-/m1/s1. The van der Waals surface area contributed by atoms with Gasteiger partial charge >= 0.3 is 12.0 Å². The van der Waals surface area contributed by atoms with Crippen molar-refractivity contribution >= 4 is 12.0 Å². The van der Waals surface area contributed by atoms with Crippen LogP contribution in [0.2, 0.25) is 0 Å². The van der Waals surface area contributed by atoms with Crippen LogP contribution in [-0.4, -0.2) is 53.1 Å². The zero-order chi connectivity index (χ0) is 13.7. The minimum absolute atomic E-state index is 0.0327. The van der Waals surface area contributed by atoms with E-state index in [0.717, 1.165) is 19.3 Å². The van der Waals surface area contributed by atoms with Gasteiger partial charge < -0.3 is 14.9 Å². The minimum atomic E-state index is -0.794. The topological polar surface area (TPSA) is 60.9 Å². The third kappa shape index (κ3) is 3.37. The second kappa shape index (κ2) is 6.61.